The Morgan fingerprint density at radius 3 is 2.34 bits per heavy atom. The van der Waals surface area contributed by atoms with Gasteiger partial charge in [-0.1, -0.05) is 6.07 Å². The van der Waals surface area contributed by atoms with E-state index in [1.54, 1.807) is 20.2 Å². The Hall–Kier alpha value is -2.95. The molecule has 0 saturated heterocycles. The Kier molecular flexibility index (Phi) is 6.19. The normalized spacial score (nSPS) is 32.5. The largest absolute Gasteiger partial charge is 0.507 e. The van der Waals surface area contributed by atoms with Crippen LogP contribution < -0.4 is 5.73 Å². The van der Waals surface area contributed by atoms with Crippen LogP contribution in [0.2, 0.25) is 0 Å². The van der Waals surface area contributed by atoms with Crippen LogP contribution in [0.25, 0.3) is 0 Å². The van der Waals surface area contributed by atoms with E-state index >= 15 is 0 Å². The molecule has 2 saturated carbocycles. The van der Waals surface area contributed by atoms with Crippen LogP contribution in [0.15, 0.2) is 12.1 Å². The standard InChI is InChI=1S/C25H31N3O7/c1-27(2)8-7-11-5-6-15(29)17-13(11)9-12-10-14-19(28(3)4)21(31)18(24(26)34)23(33)25(14,35)22(32)16(12)20(17)30/h5-6,12,14,16,18-19,29,35H,7-10H2,1-4H3,(H2,26,34). The Bertz CT molecular complexity index is 1140. The number of nitrogens with zero attached hydrogens (tertiary/aromatic N) is 2. The first-order chi connectivity index (χ1) is 16.3. The van der Waals surface area contributed by atoms with Gasteiger partial charge in [-0.2, -0.15) is 0 Å². The number of benzene rings is 1. The number of phenols is 1. The Balaban J connectivity index is 1.83. The lowest BCUT2D eigenvalue weighted by molar-refractivity contribution is -0.181. The van der Waals surface area contributed by atoms with Gasteiger partial charge in [0.15, 0.2) is 34.7 Å². The molecule has 6 unspecified atom stereocenters. The number of hydrogen-bond donors (Lipinski definition) is 3. The smallest absolute Gasteiger partial charge is 0.235 e. The lowest BCUT2D eigenvalue weighted by atomic mass is 9.52. The van der Waals surface area contributed by atoms with Crippen molar-refractivity contribution in [3.8, 4) is 5.75 Å². The van der Waals surface area contributed by atoms with Gasteiger partial charge in [0, 0.05) is 12.5 Å². The zero-order chi connectivity index (χ0) is 26.0. The van der Waals surface area contributed by atoms with Crippen molar-refractivity contribution in [3.63, 3.8) is 0 Å². The summed E-state index contributed by atoms with van der Waals surface area (Å²) in [5.41, 5.74) is 4.18. The van der Waals surface area contributed by atoms with Crippen molar-refractivity contribution in [2.45, 2.75) is 30.9 Å². The highest BCUT2D eigenvalue weighted by atomic mass is 16.3. The maximum Gasteiger partial charge on any atom is 0.235 e. The molecule has 0 bridgehead atoms. The van der Waals surface area contributed by atoms with Crippen LogP contribution in [0.4, 0.5) is 0 Å². The average Bonchev–Trinajstić information content (AvgIpc) is 2.75. The van der Waals surface area contributed by atoms with Crippen molar-refractivity contribution < 1.29 is 34.2 Å². The molecule has 10 nitrogen and oxygen atoms in total. The summed E-state index contributed by atoms with van der Waals surface area (Å²) in [6.45, 7) is 0.709. The minimum atomic E-state index is -2.70. The van der Waals surface area contributed by atoms with Gasteiger partial charge in [-0.15, -0.1) is 0 Å². The van der Waals surface area contributed by atoms with Gasteiger partial charge >= 0.3 is 0 Å². The zero-order valence-electron chi connectivity index (χ0n) is 20.3. The van der Waals surface area contributed by atoms with Crippen LogP contribution in [0.3, 0.4) is 0 Å². The topological polar surface area (TPSA) is 158 Å². The highest BCUT2D eigenvalue weighted by molar-refractivity contribution is 6.32. The third-order valence-corrected chi connectivity index (χ3v) is 7.87. The molecule has 4 rings (SSSR count). The maximum atomic E-state index is 13.7. The number of nitrogens with two attached hydrogens (primary N) is 1. The van der Waals surface area contributed by atoms with Gasteiger partial charge in [-0.05, 0) is 70.6 Å². The van der Waals surface area contributed by atoms with Crippen molar-refractivity contribution in [2.24, 2.45) is 29.4 Å². The van der Waals surface area contributed by atoms with Gasteiger partial charge < -0.3 is 20.8 Å². The van der Waals surface area contributed by atoms with Crippen molar-refractivity contribution in [1.82, 2.24) is 9.80 Å². The van der Waals surface area contributed by atoms with Gasteiger partial charge in [-0.25, -0.2) is 0 Å². The first-order valence-corrected chi connectivity index (χ1v) is 11.6. The number of carbonyl (C=O) groups is 5. The molecule has 10 heteroatoms. The second-order valence-corrected chi connectivity index (χ2v) is 10.4. The number of aromatic hydroxyl groups is 1. The Morgan fingerprint density at radius 1 is 1.11 bits per heavy atom. The van der Waals surface area contributed by atoms with Crippen LogP contribution in [0.5, 0.6) is 5.75 Å². The van der Waals surface area contributed by atoms with E-state index < -0.39 is 64.4 Å². The Labute approximate surface area is 203 Å². The van der Waals surface area contributed by atoms with Gasteiger partial charge in [-0.3, -0.25) is 28.9 Å². The molecule has 6 atom stereocenters. The molecule has 3 aliphatic carbocycles. The molecule has 0 heterocycles. The predicted octanol–water partition coefficient (Wildman–Crippen LogP) is -1.03. The molecule has 0 spiro atoms. The van der Waals surface area contributed by atoms with Gasteiger partial charge in [0.1, 0.15) is 5.75 Å². The fourth-order valence-corrected chi connectivity index (χ4v) is 6.25. The van der Waals surface area contributed by atoms with E-state index in [0.717, 1.165) is 5.56 Å². The van der Waals surface area contributed by atoms with E-state index in [1.165, 1.54) is 11.0 Å². The van der Waals surface area contributed by atoms with E-state index in [9.17, 15) is 34.2 Å². The maximum absolute atomic E-state index is 13.7. The average molecular weight is 486 g/mol. The third kappa shape index (κ3) is 3.62. The van der Waals surface area contributed by atoms with Gasteiger partial charge in [0.2, 0.25) is 5.91 Å². The number of hydrogen-bond acceptors (Lipinski definition) is 9. The number of Topliss-reactive ketones (excluding diaryl/α,β-unsaturated/α-hetero) is 4. The lowest BCUT2D eigenvalue weighted by Gasteiger charge is -2.52. The predicted molar refractivity (Wildman–Crippen MR) is 124 cm³/mol. The fourth-order valence-electron chi connectivity index (χ4n) is 6.25. The molecule has 1 aromatic rings. The van der Waals surface area contributed by atoms with Crippen molar-refractivity contribution in [2.75, 3.05) is 34.7 Å². The number of aliphatic hydroxyl groups is 1. The quantitative estimate of drug-likeness (QED) is 0.443. The van der Waals surface area contributed by atoms with Crippen molar-refractivity contribution >= 4 is 29.0 Å². The summed E-state index contributed by atoms with van der Waals surface area (Å²) in [4.78, 5) is 69.2. The summed E-state index contributed by atoms with van der Waals surface area (Å²) in [5.74, 6) is -10.2. The molecule has 0 aliphatic heterocycles. The summed E-state index contributed by atoms with van der Waals surface area (Å²) in [6.07, 6.45) is 0.953. The van der Waals surface area contributed by atoms with Crippen molar-refractivity contribution in [3.05, 3.63) is 28.8 Å². The summed E-state index contributed by atoms with van der Waals surface area (Å²) in [7, 11) is 6.97. The minimum absolute atomic E-state index is 0.0350. The van der Waals surface area contributed by atoms with E-state index in [2.05, 4.69) is 0 Å². The Morgan fingerprint density at radius 2 is 1.77 bits per heavy atom. The highest BCUT2D eigenvalue weighted by Gasteiger charge is 2.69. The molecular weight excluding hydrogens is 454 g/mol. The van der Waals surface area contributed by atoms with Gasteiger partial charge in [0.25, 0.3) is 0 Å². The number of rotatable bonds is 5. The number of fused-ring (bicyclic) bond motifs is 3. The fraction of sp³-hybridized carbons (Fsp3) is 0.560. The molecule has 35 heavy (non-hydrogen) atoms. The first-order valence-electron chi connectivity index (χ1n) is 11.6. The highest BCUT2D eigenvalue weighted by Crippen LogP contribution is 2.51. The van der Waals surface area contributed by atoms with E-state index in [4.69, 9.17) is 5.73 Å². The lowest BCUT2D eigenvalue weighted by Crippen LogP contribution is -2.74. The second-order valence-electron chi connectivity index (χ2n) is 10.4. The number of ketones is 4. The summed E-state index contributed by atoms with van der Waals surface area (Å²) >= 11 is 0. The van der Waals surface area contributed by atoms with Crippen LogP contribution in [-0.2, 0) is 32.0 Å². The molecule has 0 aromatic heterocycles. The number of carbonyl (C=O) groups excluding carboxylic acids is 5. The molecule has 4 N–H and O–H groups in total. The monoisotopic (exact) mass is 485 g/mol. The molecule has 3 aliphatic rings. The SMILES string of the molecule is CN(C)CCc1ccc(O)c2c1CC1CC3C(N(C)C)C(=O)C(C(N)=O)C(=O)C3(O)C(=O)C1C2=O. The number of phenolic OH excluding ortho intramolecular Hbond substituents is 1. The number of primary amides is 1. The van der Waals surface area contributed by atoms with E-state index in [0.29, 0.717) is 18.5 Å². The zero-order valence-corrected chi connectivity index (χ0v) is 20.3. The third-order valence-electron chi connectivity index (χ3n) is 7.87. The molecule has 188 valence electrons. The molecule has 0 radical (unpaired) electrons. The summed E-state index contributed by atoms with van der Waals surface area (Å²) < 4.78 is 0. The van der Waals surface area contributed by atoms with E-state index in [1.807, 2.05) is 19.0 Å². The first kappa shape index (κ1) is 25.2. The molecular formula is C25H31N3O7. The second kappa shape index (κ2) is 8.61. The van der Waals surface area contributed by atoms with Crippen LogP contribution in [-0.4, -0.2) is 95.4 Å². The number of likely N-dealkylation sites (N-methyl/N-ethyl adjacent to an activating group) is 2. The summed E-state index contributed by atoms with van der Waals surface area (Å²) in [5, 5.41) is 22.1. The summed E-state index contributed by atoms with van der Waals surface area (Å²) in [6, 6.07) is 2.08. The van der Waals surface area contributed by atoms with Crippen LogP contribution in [0.1, 0.15) is 27.9 Å². The van der Waals surface area contributed by atoms with Crippen LogP contribution in [0, 0.1) is 23.7 Å². The van der Waals surface area contributed by atoms with Crippen LogP contribution >= 0.6 is 0 Å². The van der Waals surface area contributed by atoms with Crippen molar-refractivity contribution in [1.29, 1.82) is 0 Å². The van der Waals surface area contributed by atoms with Gasteiger partial charge in [0.05, 0.1) is 17.5 Å². The molecule has 2 fully saturated rings. The minimum Gasteiger partial charge on any atom is -0.507 e. The molecule has 1 amide bonds. The van der Waals surface area contributed by atoms with E-state index in [-0.39, 0.29) is 24.2 Å². The molecule has 1 aromatic carbocycles. The number of amides is 1.